The zero-order valence-electron chi connectivity index (χ0n) is 16.1. The lowest BCUT2D eigenvalue weighted by Gasteiger charge is -2.18. The van der Waals surface area contributed by atoms with Gasteiger partial charge < -0.3 is 4.74 Å². The maximum atomic E-state index is 13.1. The highest BCUT2D eigenvalue weighted by Crippen LogP contribution is 2.37. The van der Waals surface area contributed by atoms with Crippen molar-refractivity contribution >= 4 is 21.6 Å². The van der Waals surface area contributed by atoms with Crippen LogP contribution in [-0.2, 0) is 22.0 Å². The molecule has 1 fully saturated rings. The number of hydrogen-bond donors (Lipinski definition) is 0. The Morgan fingerprint density at radius 3 is 2.03 bits per heavy atom. The molecule has 0 saturated carbocycles. The molecule has 3 aromatic carbocycles. The highest BCUT2D eigenvalue weighted by atomic mass is 32.2. The van der Waals surface area contributed by atoms with E-state index in [0.717, 1.165) is 34.8 Å². The molecule has 0 radical (unpaired) electrons. The SMILES string of the molecule is O=S(=O)(Cc1ccccc1)C(Cc1ccc(Oc2ccccc2)cc1)CC1CS1. The molecule has 0 aromatic heterocycles. The predicted octanol–water partition coefficient (Wildman–Crippen LogP) is 5.51. The van der Waals surface area contributed by atoms with Gasteiger partial charge in [-0.1, -0.05) is 60.7 Å². The average molecular weight is 425 g/mol. The Balaban J connectivity index is 1.46. The summed E-state index contributed by atoms with van der Waals surface area (Å²) in [4.78, 5) is 0. The summed E-state index contributed by atoms with van der Waals surface area (Å²) in [6.45, 7) is 0. The molecule has 1 saturated heterocycles. The Labute approximate surface area is 177 Å². The quantitative estimate of drug-likeness (QED) is 0.425. The smallest absolute Gasteiger partial charge is 0.157 e. The van der Waals surface area contributed by atoms with E-state index in [1.54, 1.807) is 0 Å². The molecule has 0 N–H and O–H groups in total. The lowest BCUT2D eigenvalue weighted by atomic mass is 10.1. The van der Waals surface area contributed by atoms with Gasteiger partial charge in [-0.3, -0.25) is 0 Å². The van der Waals surface area contributed by atoms with Crippen molar-refractivity contribution in [2.24, 2.45) is 0 Å². The van der Waals surface area contributed by atoms with Crippen LogP contribution in [0.2, 0.25) is 0 Å². The summed E-state index contributed by atoms with van der Waals surface area (Å²) in [5, 5.41) is 0.120. The van der Waals surface area contributed by atoms with Crippen LogP contribution in [-0.4, -0.2) is 24.7 Å². The molecule has 29 heavy (non-hydrogen) atoms. The summed E-state index contributed by atoms with van der Waals surface area (Å²) in [5.41, 5.74) is 1.88. The lowest BCUT2D eigenvalue weighted by molar-refractivity contribution is 0.482. The number of ether oxygens (including phenoxy) is 1. The van der Waals surface area contributed by atoms with E-state index >= 15 is 0 Å². The van der Waals surface area contributed by atoms with Crippen LogP contribution >= 0.6 is 11.8 Å². The summed E-state index contributed by atoms with van der Waals surface area (Å²) < 4.78 is 32.1. The van der Waals surface area contributed by atoms with Gasteiger partial charge in [0.05, 0.1) is 11.0 Å². The van der Waals surface area contributed by atoms with E-state index in [9.17, 15) is 8.42 Å². The number of benzene rings is 3. The molecule has 1 heterocycles. The Bertz CT molecular complexity index is 1010. The van der Waals surface area contributed by atoms with Crippen molar-refractivity contribution in [3.8, 4) is 11.5 Å². The van der Waals surface area contributed by atoms with Gasteiger partial charge >= 0.3 is 0 Å². The van der Waals surface area contributed by atoms with Gasteiger partial charge in [0.2, 0.25) is 0 Å². The summed E-state index contributed by atoms with van der Waals surface area (Å²) in [6, 6.07) is 26.9. The van der Waals surface area contributed by atoms with Crippen molar-refractivity contribution in [3.63, 3.8) is 0 Å². The lowest BCUT2D eigenvalue weighted by Crippen LogP contribution is -2.27. The normalized spacial score (nSPS) is 16.9. The van der Waals surface area contributed by atoms with Crippen molar-refractivity contribution in [1.29, 1.82) is 0 Å². The van der Waals surface area contributed by atoms with Crippen LogP contribution < -0.4 is 4.74 Å². The fraction of sp³-hybridized carbons (Fsp3) is 0.250. The molecule has 3 nitrogen and oxygen atoms in total. The monoisotopic (exact) mass is 424 g/mol. The zero-order chi connectivity index (χ0) is 20.1. The molecule has 3 aromatic rings. The van der Waals surface area contributed by atoms with Crippen LogP contribution in [0, 0.1) is 0 Å². The molecular weight excluding hydrogens is 400 g/mol. The van der Waals surface area contributed by atoms with Crippen LogP contribution in [0.3, 0.4) is 0 Å². The molecular formula is C24H24O3S2. The summed E-state index contributed by atoms with van der Waals surface area (Å²) in [7, 11) is -3.23. The van der Waals surface area contributed by atoms with Gasteiger partial charge in [-0.05, 0) is 48.2 Å². The van der Waals surface area contributed by atoms with Crippen LogP contribution in [0.15, 0.2) is 84.9 Å². The minimum Gasteiger partial charge on any atom is -0.457 e. The molecule has 0 amide bonds. The number of sulfone groups is 1. The average Bonchev–Trinajstić information content (AvgIpc) is 3.54. The first-order chi connectivity index (χ1) is 14.1. The van der Waals surface area contributed by atoms with E-state index in [1.807, 2.05) is 96.7 Å². The van der Waals surface area contributed by atoms with Crippen LogP contribution in [0.25, 0.3) is 0 Å². The standard InChI is InChI=1S/C24H24O3S2/c25-29(26,18-20-7-3-1-4-8-20)24(16-23-17-28-23)15-19-11-13-22(14-12-19)27-21-9-5-2-6-10-21/h1-14,23-24H,15-18H2. The van der Waals surface area contributed by atoms with Crippen molar-refractivity contribution < 1.29 is 13.2 Å². The minimum atomic E-state index is -3.23. The van der Waals surface area contributed by atoms with Crippen molar-refractivity contribution in [3.05, 3.63) is 96.1 Å². The minimum absolute atomic E-state index is 0.102. The van der Waals surface area contributed by atoms with E-state index in [-0.39, 0.29) is 11.0 Å². The highest BCUT2D eigenvalue weighted by Gasteiger charge is 2.33. The third-order valence-corrected chi connectivity index (χ3v) is 8.12. The van der Waals surface area contributed by atoms with Gasteiger partial charge in [-0.2, -0.15) is 11.8 Å². The molecule has 4 rings (SSSR count). The van der Waals surface area contributed by atoms with E-state index < -0.39 is 9.84 Å². The fourth-order valence-corrected chi connectivity index (χ4v) is 5.99. The maximum absolute atomic E-state index is 13.1. The van der Waals surface area contributed by atoms with Gasteiger partial charge in [0, 0.05) is 11.0 Å². The van der Waals surface area contributed by atoms with Crippen molar-refractivity contribution in [1.82, 2.24) is 0 Å². The third-order valence-electron chi connectivity index (χ3n) is 5.01. The first-order valence-electron chi connectivity index (χ1n) is 9.77. The second kappa shape index (κ2) is 9.06. The van der Waals surface area contributed by atoms with Gasteiger partial charge in [-0.15, -0.1) is 0 Å². The van der Waals surface area contributed by atoms with Gasteiger partial charge in [0.15, 0.2) is 9.84 Å². The largest absolute Gasteiger partial charge is 0.457 e. The van der Waals surface area contributed by atoms with Crippen LogP contribution in [0.1, 0.15) is 17.5 Å². The number of rotatable bonds is 9. The summed E-state index contributed by atoms with van der Waals surface area (Å²) >= 11 is 1.85. The summed E-state index contributed by atoms with van der Waals surface area (Å²) in [5.74, 6) is 2.71. The van der Waals surface area contributed by atoms with Gasteiger partial charge in [0.25, 0.3) is 0 Å². The van der Waals surface area contributed by atoms with Crippen molar-refractivity contribution in [2.75, 3.05) is 5.75 Å². The van der Waals surface area contributed by atoms with E-state index in [4.69, 9.17) is 4.74 Å². The van der Waals surface area contributed by atoms with Crippen molar-refractivity contribution in [2.45, 2.75) is 29.1 Å². The second-order valence-electron chi connectivity index (χ2n) is 7.37. The molecule has 2 unspecified atom stereocenters. The Hall–Kier alpha value is -2.24. The Kier molecular flexibility index (Phi) is 6.26. The van der Waals surface area contributed by atoms with E-state index in [2.05, 4.69) is 0 Å². The van der Waals surface area contributed by atoms with Gasteiger partial charge in [-0.25, -0.2) is 8.42 Å². The highest BCUT2D eigenvalue weighted by molar-refractivity contribution is 8.06. The van der Waals surface area contributed by atoms with Crippen LogP contribution in [0.4, 0.5) is 0 Å². The number of hydrogen-bond acceptors (Lipinski definition) is 4. The summed E-state index contributed by atoms with van der Waals surface area (Å²) in [6.07, 6.45) is 1.26. The molecule has 0 bridgehead atoms. The molecule has 1 aliphatic rings. The van der Waals surface area contributed by atoms with Gasteiger partial charge in [0.1, 0.15) is 11.5 Å². The zero-order valence-corrected chi connectivity index (χ0v) is 17.7. The molecule has 150 valence electrons. The molecule has 0 spiro atoms. The molecule has 0 aliphatic carbocycles. The molecule has 2 atom stereocenters. The number of para-hydroxylation sites is 1. The van der Waals surface area contributed by atoms with Crippen LogP contribution in [0.5, 0.6) is 11.5 Å². The molecule has 1 aliphatic heterocycles. The molecule has 5 heteroatoms. The predicted molar refractivity (Wildman–Crippen MR) is 120 cm³/mol. The maximum Gasteiger partial charge on any atom is 0.157 e. The second-order valence-corrected chi connectivity index (χ2v) is 11.0. The third kappa shape index (κ3) is 5.87. The Morgan fingerprint density at radius 2 is 1.41 bits per heavy atom. The van der Waals surface area contributed by atoms with E-state index in [1.165, 1.54) is 0 Å². The first kappa shape index (κ1) is 20.0. The first-order valence-corrected chi connectivity index (χ1v) is 12.5. The van der Waals surface area contributed by atoms with E-state index in [0.29, 0.717) is 11.7 Å². The number of thioether (sulfide) groups is 1. The fourth-order valence-electron chi connectivity index (χ4n) is 3.36. The Morgan fingerprint density at radius 1 is 0.828 bits per heavy atom. The topological polar surface area (TPSA) is 43.4 Å².